The summed E-state index contributed by atoms with van der Waals surface area (Å²) in [5.41, 5.74) is 4.01. The van der Waals surface area contributed by atoms with E-state index in [1.54, 1.807) is 0 Å². The van der Waals surface area contributed by atoms with Gasteiger partial charge in [-0.05, 0) is 44.0 Å². The van der Waals surface area contributed by atoms with E-state index in [0.29, 0.717) is 6.04 Å². The smallest absolute Gasteiger partial charge is 0.137 e. The number of para-hydroxylation sites is 1. The average molecular weight is 281 g/mol. The molecule has 1 atom stereocenters. The van der Waals surface area contributed by atoms with Gasteiger partial charge < -0.3 is 10.2 Å². The van der Waals surface area contributed by atoms with Gasteiger partial charge in [0.05, 0.1) is 0 Å². The first kappa shape index (κ1) is 14.1. The van der Waals surface area contributed by atoms with E-state index in [4.69, 9.17) is 4.98 Å². The molecule has 1 aliphatic rings. The molecule has 1 unspecified atom stereocenters. The van der Waals surface area contributed by atoms with E-state index < -0.39 is 0 Å². The van der Waals surface area contributed by atoms with E-state index in [9.17, 15) is 0 Å². The summed E-state index contributed by atoms with van der Waals surface area (Å²) in [7, 11) is 0. The van der Waals surface area contributed by atoms with Crippen LogP contribution in [0.2, 0.25) is 0 Å². The van der Waals surface area contributed by atoms with Crippen LogP contribution in [0, 0.1) is 0 Å². The number of aryl methyl sites for hydroxylation is 1. The maximum Gasteiger partial charge on any atom is 0.137 e. The molecule has 21 heavy (non-hydrogen) atoms. The monoisotopic (exact) mass is 281 g/mol. The summed E-state index contributed by atoms with van der Waals surface area (Å²) in [4.78, 5) is 7.10. The van der Waals surface area contributed by atoms with E-state index in [2.05, 4.69) is 54.4 Å². The van der Waals surface area contributed by atoms with E-state index in [1.165, 1.54) is 23.2 Å². The number of hydrogen-bond donors (Lipinski definition) is 1. The second-order valence-electron chi connectivity index (χ2n) is 5.65. The molecule has 110 valence electrons. The van der Waals surface area contributed by atoms with Crippen LogP contribution < -0.4 is 10.2 Å². The van der Waals surface area contributed by atoms with Gasteiger partial charge in [0, 0.05) is 30.0 Å². The molecule has 3 nitrogen and oxygen atoms in total. The van der Waals surface area contributed by atoms with Crippen LogP contribution in [0.4, 0.5) is 11.5 Å². The number of pyridine rings is 1. The van der Waals surface area contributed by atoms with Crippen molar-refractivity contribution in [2.75, 3.05) is 11.4 Å². The normalized spacial score (nSPS) is 17.6. The fraction of sp³-hybridized carbons (Fsp3) is 0.389. The molecule has 0 fully saturated rings. The van der Waals surface area contributed by atoms with Crippen molar-refractivity contribution in [2.24, 2.45) is 0 Å². The van der Waals surface area contributed by atoms with Gasteiger partial charge in [-0.1, -0.05) is 31.2 Å². The van der Waals surface area contributed by atoms with Gasteiger partial charge in [-0.2, -0.15) is 0 Å². The predicted octanol–water partition coefficient (Wildman–Crippen LogP) is 3.66. The standard InChI is InChI=1S/C18H23N3/c1-3-19-13-16-8-6-12-20-18(16)21-14(2)10-11-15-7-4-5-9-17(15)21/h4-9,12,14,19H,3,10-11,13H2,1-2H3. The molecule has 0 saturated carbocycles. The largest absolute Gasteiger partial charge is 0.323 e. The van der Waals surface area contributed by atoms with Gasteiger partial charge in [0.25, 0.3) is 0 Å². The minimum atomic E-state index is 0.482. The summed E-state index contributed by atoms with van der Waals surface area (Å²) in [6.07, 6.45) is 4.23. The maximum atomic E-state index is 4.69. The first-order chi connectivity index (χ1) is 10.3. The highest BCUT2D eigenvalue weighted by molar-refractivity contribution is 5.68. The molecular formula is C18H23N3. The Balaban J connectivity index is 2.03. The number of hydrogen-bond acceptors (Lipinski definition) is 3. The van der Waals surface area contributed by atoms with Gasteiger partial charge in [0.15, 0.2) is 0 Å². The molecule has 0 radical (unpaired) electrons. The predicted molar refractivity (Wildman–Crippen MR) is 88.0 cm³/mol. The van der Waals surface area contributed by atoms with Crippen LogP contribution in [0.1, 0.15) is 31.4 Å². The number of benzene rings is 1. The van der Waals surface area contributed by atoms with E-state index in [0.717, 1.165) is 25.3 Å². The molecule has 0 amide bonds. The molecular weight excluding hydrogens is 258 g/mol. The lowest BCUT2D eigenvalue weighted by atomic mass is 9.96. The van der Waals surface area contributed by atoms with Crippen molar-refractivity contribution in [2.45, 2.75) is 39.3 Å². The average Bonchev–Trinajstić information content (AvgIpc) is 2.53. The molecule has 1 aromatic heterocycles. The Bertz CT molecular complexity index is 609. The van der Waals surface area contributed by atoms with Gasteiger partial charge in [0.1, 0.15) is 5.82 Å². The summed E-state index contributed by atoms with van der Waals surface area (Å²) in [5, 5.41) is 3.42. The lowest BCUT2D eigenvalue weighted by molar-refractivity contribution is 0.608. The topological polar surface area (TPSA) is 28.2 Å². The zero-order valence-corrected chi connectivity index (χ0v) is 12.8. The molecule has 3 rings (SSSR count). The second kappa shape index (κ2) is 6.27. The summed E-state index contributed by atoms with van der Waals surface area (Å²) in [6.45, 7) is 6.27. The van der Waals surface area contributed by atoms with Crippen molar-refractivity contribution in [3.8, 4) is 0 Å². The van der Waals surface area contributed by atoms with Gasteiger partial charge in [-0.25, -0.2) is 4.98 Å². The van der Waals surface area contributed by atoms with Gasteiger partial charge in [-0.15, -0.1) is 0 Å². The van der Waals surface area contributed by atoms with Crippen molar-refractivity contribution in [3.05, 3.63) is 53.7 Å². The van der Waals surface area contributed by atoms with Crippen molar-refractivity contribution in [1.82, 2.24) is 10.3 Å². The van der Waals surface area contributed by atoms with Crippen LogP contribution in [-0.2, 0) is 13.0 Å². The third-order valence-corrected chi connectivity index (χ3v) is 4.18. The number of fused-ring (bicyclic) bond motifs is 1. The summed E-state index contributed by atoms with van der Waals surface area (Å²) in [6, 6.07) is 13.4. The Hall–Kier alpha value is -1.87. The minimum Gasteiger partial charge on any atom is -0.323 e. The number of nitrogens with zero attached hydrogens (tertiary/aromatic N) is 2. The van der Waals surface area contributed by atoms with Crippen LogP contribution in [0.15, 0.2) is 42.6 Å². The highest BCUT2D eigenvalue weighted by atomic mass is 15.2. The lowest BCUT2D eigenvalue weighted by Gasteiger charge is -2.37. The molecule has 2 aromatic rings. The van der Waals surface area contributed by atoms with Crippen molar-refractivity contribution < 1.29 is 0 Å². The molecule has 1 N–H and O–H groups in total. The molecule has 0 aliphatic carbocycles. The maximum absolute atomic E-state index is 4.69. The number of nitrogens with one attached hydrogen (secondary N) is 1. The quantitative estimate of drug-likeness (QED) is 0.927. The fourth-order valence-corrected chi connectivity index (χ4v) is 3.06. The van der Waals surface area contributed by atoms with Crippen molar-refractivity contribution in [1.29, 1.82) is 0 Å². The van der Waals surface area contributed by atoms with Gasteiger partial charge >= 0.3 is 0 Å². The number of anilines is 2. The molecule has 0 spiro atoms. The van der Waals surface area contributed by atoms with Crippen molar-refractivity contribution in [3.63, 3.8) is 0 Å². The third kappa shape index (κ3) is 2.79. The van der Waals surface area contributed by atoms with Crippen LogP contribution in [0.5, 0.6) is 0 Å². The minimum absolute atomic E-state index is 0.482. The summed E-state index contributed by atoms with van der Waals surface area (Å²) < 4.78 is 0. The summed E-state index contributed by atoms with van der Waals surface area (Å²) in [5.74, 6) is 1.10. The highest BCUT2D eigenvalue weighted by Gasteiger charge is 2.26. The van der Waals surface area contributed by atoms with E-state index >= 15 is 0 Å². The third-order valence-electron chi connectivity index (χ3n) is 4.18. The van der Waals surface area contributed by atoms with E-state index in [-0.39, 0.29) is 0 Å². The van der Waals surface area contributed by atoms with Crippen LogP contribution in [0.3, 0.4) is 0 Å². The van der Waals surface area contributed by atoms with Crippen LogP contribution >= 0.6 is 0 Å². The second-order valence-corrected chi connectivity index (χ2v) is 5.65. The first-order valence-corrected chi connectivity index (χ1v) is 7.83. The SMILES string of the molecule is CCNCc1cccnc1N1c2ccccc2CCC1C. The highest BCUT2D eigenvalue weighted by Crippen LogP contribution is 2.37. The first-order valence-electron chi connectivity index (χ1n) is 7.83. The number of aromatic nitrogens is 1. The van der Waals surface area contributed by atoms with Crippen molar-refractivity contribution >= 4 is 11.5 Å². The van der Waals surface area contributed by atoms with Gasteiger partial charge in [0.2, 0.25) is 0 Å². The molecule has 1 aliphatic heterocycles. The molecule has 1 aromatic carbocycles. The zero-order valence-electron chi connectivity index (χ0n) is 12.8. The lowest BCUT2D eigenvalue weighted by Crippen LogP contribution is -2.34. The van der Waals surface area contributed by atoms with Gasteiger partial charge in [-0.3, -0.25) is 0 Å². The number of rotatable bonds is 4. The zero-order chi connectivity index (χ0) is 14.7. The Kier molecular flexibility index (Phi) is 4.20. The summed E-state index contributed by atoms with van der Waals surface area (Å²) >= 11 is 0. The Morgan fingerprint density at radius 3 is 2.95 bits per heavy atom. The molecule has 0 bridgehead atoms. The Morgan fingerprint density at radius 1 is 1.24 bits per heavy atom. The molecule has 3 heteroatoms. The van der Waals surface area contributed by atoms with Crippen LogP contribution in [-0.4, -0.2) is 17.6 Å². The fourth-order valence-electron chi connectivity index (χ4n) is 3.06. The molecule has 0 saturated heterocycles. The van der Waals surface area contributed by atoms with Crippen LogP contribution in [0.25, 0.3) is 0 Å². The Morgan fingerprint density at radius 2 is 2.10 bits per heavy atom. The Labute approximate surface area is 127 Å². The van der Waals surface area contributed by atoms with E-state index in [1.807, 2.05) is 12.3 Å². The molecule has 2 heterocycles.